The SMILES string of the molecule is Oc1ccc(CO[SiH3])cc1. The summed E-state index contributed by atoms with van der Waals surface area (Å²) >= 11 is 0. The molecule has 1 N–H and O–H groups in total. The lowest BCUT2D eigenvalue weighted by Gasteiger charge is -1.98. The molecule has 1 aromatic carbocycles. The van der Waals surface area contributed by atoms with Crippen molar-refractivity contribution in [3.8, 4) is 5.75 Å². The first-order valence-corrected chi connectivity index (χ1v) is 3.91. The first-order valence-electron chi connectivity index (χ1n) is 3.10. The lowest BCUT2D eigenvalue weighted by atomic mass is 10.2. The Morgan fingerprint density at radius 3 is 2.40 bits per heavy atom. The van der Waals surface area contributed by atoms with E-state index in [0.717, 1.165) is 16.0 Å². The Hall–Kier alpha value is -0.803. The molecule has 2 nitrogen and oxygen atoms in total. The Bertz CT molecular complexity index is 195. The van der Waals surface area contributed by atoms with Gasteiger partial charge in [0.15, 0.2) is 0 Å². The molecule has 54 valence electrons. The van der Waals surface area contributed by atoms with Crippen molar-refractivity contribution >= 4 is 10.5 Å². The van der Waals surface area contributed by atoms with E-state index >= 15 is 0 Å². The van der Waals surface area contributed by atoms with Gasteiger partial charge in [0.05, 0.1) is 6.61 Å². The Balaban J connectivity index is 2.69. The summed E-state index contributed by atoms with van der Waals surface area (Å²) in [5.74, 6) is 0.303. The third-order valence-corrected chi connectivity index (χ3v) is 1.54. The number of aromatic hydroxyl groups is 1. The van der Waals surface area contributed by atoms with Crippen LogP contribution in [0.2, 0.25) is 0 Å². The molecule has 0 aromatic heterocycles. The van der Waals surface area contributed by atoms with E-state index in [2.05, 4.69) is 0 Å². The van der Waals surface area contributed by atoms with Gasteiger partial charge >= 0.3 is 0 Å². The predicted octanol–water partition coefficient (Wildman–Crippen LogP) is 0.189. The van der Waals surface area contributed by atoms with Crippen molar-refractivity contribution in [3.05, 3.63) is 29.8 Å². The van der Waals surface area contributed by atoms with Gasteiger partial charge in [0.1, 0.15) is 16.2 Å². The topological polar surface area (TPSA) is 29.5 Å². The molecule has 0 spiro atoms. The summed E-state index contributed by atoms with van der Waals surface area (Å²) in [6, 6.07) is 7.03. The van der Waals surface area contributed by atoms with Gasteiger partial charge in [0.2, 0.25) is 0 Å². The zero-order valence-electron chi connectivity index (χ0n) is 5.87. The van der Waals surface area contributed by atoms with Gasteiger partial charge in [-0.2, -0.15) is 0 Å². The lowest BCUT2D eigenvalue weighted by molar-refractivity contribution is 0.338. The summed E-state index contributed by atoms with van der Waals surface area (Å²) in [6.07, 6.45) is 0. The molecular weight excluding hydrogens is 144 g/mol. The van der Waals surface area contributed by atoms with E-state index in [1.165, 1.54) is 0 Å². The minimum atomic E-state index is 0.303. The largest absolute Gasteiger partial charge is 0.508 e. The normalized spacial score (nSPS) is 10.0. The summed E-state index contributed by atoms with van der Waals surface area (Å²) < 4.78 is 5.02. The van der Waals surface area contributed by atoms with Crippen LogP contribution in [0.5, 0.6) is 5.75 Å². The smallest absolute Gasteiger partial charge is 0.146 e. The molecule has 0 aliphatic heterocycles. The molecular formula is C7H10O2Si. The summed E-state index contributed by atoms with van der Waals surface area (Å²) in [7, 11) is 0.759. The van der Waals surface area contributed by atoms with Gasteiger partial charge in [-0.3, -0.25) is 0 Å². The second-order valence-corrected chi connectivity index (χ2v) is 2.68. The molecule has 1 rings (SSSR count). The van der Waals surface area contributed by atoms with E-state index in [1.54, 1.807) is 12.1 Å². The lowest BCUT2D eigenvalue weighted by Crippen LogP contribution is -1.86. The van der Waals surface area contributed by atoms with Crippen LogP contribution in [-0.4, -0.2) is 15.6 Å². The van der Waals surface area contributed by atoms with Crippen molar-refractivity contribution in [1.82, 2.24) is 0 Å². The summed E-state index contributed by atoms with van der Waals surface area (Å²) in [6.45, 7) is 0.659. The van der Waals surface area contributed by atoms with Crippen LogP contribution in [0.25, 0.3) is 0 Å². The van der Waals surface area contributed by atoms with Gasteiger partial charge in [0, 0.05) is 0 Å². The third kappa shape index (κ3) is 1.86. The fraction of sp³-hybridized carbons (Fsp3) is 0.143. The quantitative estimate of drug-likeness (QED) is 0.616. The standard InChI is InChI=1S/C7H10O2Si/c8-7-3-1-6(2-4-7)5-9-10/h1-4,8H,5H2,10H3. The van der Waals surface area contributed by atoms with Crippen molar-refractivity contribution in [1.29, 1.82) is 0 Å². The van der Waals surface area contributed by atoms with Gasteiger partial charge in [-0.25, -0.2) is 0 Å². The van der Waals surface area contributed by atoms with Crippen LogP contribution in [0.1, 0.15) is 5.56 Å². The average Bonchev–Trinajstić information content (AvgIpc) is 1.95. The molecule has 0 fully saturated rings. The maximum Gasteiger partial charge on any atom is 0.146 e. The Labute approximate surface area is 63.0 Å². The number of phenols is 1. The van der Waals surface area contributed by atoms with Crippen LogP contribution in [-0.2, 0) is 11.0 Å². The first-order chi connectivity index (χ1) is 4.83. The molecule has 10 heavy (non-hydrogen) atoms. The molecule has 0 unspecified atom stereocenters. The van der Waals surface area contributed by atoms with Crippen LogP contribution in [0.3, 0.4) is 0 Å². The second-order valence-electron chi connectivity index (χ2n) is 2.10. The van der Waals surface area contributed by atoms with Crippen molar-refractivity contribution in [2.75, 3.05) is 0 Å². The third-order valence-electron chi connectivity index (χ3n) is 1.25. The molecule has 0 atom stereocenters. The molecule has 0 saturated heterocycles. The minimum absolute atomic E-state index is 0.303. The average molecular weight is 154 g/mol. The Morgan fingerprint density at radius 1 is 1.30 bits per heavy atom. The van der Waals surface area contributed by atoms with E-state index < -0.39 is 0 Å². The van der Waals surface area contributed by atoms with Crippen molar-refractivity contribution < 1.29 is 9.53 Å². The summed E-state index contributed by atoms with van der Waals surface area (Å²) in [5, 5.41) is 8.89. The number of phenolic OH excluding ortho intramolecular Hbond substituents is 1. The van der Waals surface area contributed by atoms with Crippen molar-refractivity contribution in [3.63, 3.8) is 0 Å². The highest BCUT2D eigenvalue weighted by molar-refractivity contribution is 5.97. The summed E-state index contributed by atoms with van der Waals surface area (Å²) in [5.41, 5.74) is 1.10. The van der Waals surface area contributed by atoms with Crippen molar-refractivity contribution in [2.24, 2.45) is 0 Å². The van der Waals surface area contributed by atoms with Crippen molar-refractivity contribution in [2.45, 2.75) is 6.61 Å². The predicted molar refractivity (Wildman–Crippen MR) is 42.8 cm³/mol. The number of hydrogen-bond acceptors (Lipinski definition) is 2. The maximum atomic E-state index is 8.89. The minimum Gasteiger partial charge on any atom is -0.508 e. The van der Waals surface area contributed by atoms with E-state index in [-0.39, 0.29) is 0 Å². The number of benzene rings is 1. The molecule has 0 bridgehead atoms. The Morgan fingerprint density at radius 2 is 1.90 bits per heavy atom. The molecule has 0 aliphatic carbocycles. The van der Waals surface area contributed by atoms with Gasteiger partial charge in [-0.15, -0.1) is 0 Å². The van der Waals surface area contributed by atoms with Crippen LogP contribution in [0.15, 0.2) is 24.3 Å². The van der Waals surface area contributed by atoms with Gasteiger partial charge < -0.3 is 9.53 Å². The van der Waals surface area contributed by atoms with E-state index in [0.29, 0.717) is 12.4 Å². The zero-order chi connectivity index (χ0) is 7.40. The monoisotopic (exact) mass is 154 g/mol. The van der Waals surface area contributed by atoms with E-state index in [9.17, 15) is 0 Å². The van der Waals surface area contributed by atoms with Crippen LogP contribution < -0.4 is 0 Å². The van der Waals surface area contributed by atoms with Gasteiger partial charge in [-0.1, -0.05) is 12.1 Å². The number of hydrogen-bond donors (Lipinski definition) is 1. The van der Waals surface area contributed by atoms with Crippen LogP contribution >= 0.6 is 0 Å². The van der Waals surface area contributed by atoms with Crippen LogP contribution in [0.4, 0.5) is 0 Å². The molecule has 0 radical (unpaired) electrons. The van der Waals surface area contributed by atoms with Gasteiger partial charge in [-0.05, 0) is 17.7 Å². The molecule has 3 heteroatoms. The van der Waals surface area contributed by atoms with Gasteiger partial charge in [0.25, 0.3) is 0 Å². The molecule has 1 aromatic rings. The molecule has 0 heterocycles. The molecule has 0 aliphatic rings. The highest BCUT2D eigenvalue weighted by Crippen LogP contribution is 2.09. The maximum absolute atomic E-state index is 8.89. The highest BCUT2D eigenvalue weighted by Gasteiger charge is 1.89. The fourth-order valence-electron chi connectivity index (χ4n) is 0.759. The van der Waals surface area contributed by atoms with E-state index in [4.69, 9.17) is 9.53 Å². The first kappa shape index (κ1) is 7.31. The molecule has 0 saturated carbocycles. The second kappa shape index (κ2) is 3.39. The van der Waals surface area contributed by atoms with Crippen LogP contribution in [0, 0.1) is 0 Å². The highest BCUT2D eigenvalue weighted by atomic mass is 28.2. The van der Waals surface area contributed by atoms with E-state index in [1.807, 2.05) is 12.1 Å². The summed E-state index contributed by atoms with van der Waals surface area (Å²) in [4.78, 5) is 0. The zero-order valence-corrected chi connectivity index (χ0v) is 7.87. The molecule has 0 amide bonds. The Kier molecular flexibility index (Phi) is 2.47. The number of rotatable bonds is 2. The fourth-order valence-corrected chi connectivity index (χ4v) is 1.09.